The number of ether oxygens (including phenoxy) is 1. The first kappa shape index (κ1) is 14.6. The summed E-state index contributed by atoms with van der Waals surface area (Å²) in [7, 11) is 0. The SMILES string of the molecule is CCOc1ccc(C2NCCc3c2[nH]c2ccc(Cl)cc32)cc1. The predicted molar refractivity (Wildman–Crippen MR) is 94.5 cm³/mol. The quantitative estimate of drug-likeness (QED) is 0.746. The molecule has 2 N–H and O–H groups in total. The van der Waals surface area contributed by atoms with Crippen molar-refractivity contribution in [1.82, 2.24) is 10.3 Å². The molecule has 1 aliphatic heterocycles. The minimum absolute atomic E-state index is 0.181. The van der Waals surface area contributed by atoms with Gasteiger partial charge in [0.2, 0.25) is 0 Å². The van der Waals surface area contributed by atoms with E-state index in [1.807, 2.05) is 25.1 Å². The number of H-pyrrole nitrogens is 1. The van der Waals surface area contributed by atoms with E-state index in [1.165, 1.54) is 22.2 Å². The summed E-state index contributed by atoms with van der Waals surface area (Å²) < 4.78 is 5.54. The third-order valence-electron chi connectivity index (χ3n) is 4.44. The van der Waals surface area contributed by atoms with E-state index in [4.69, 9.17) is 16.3 Å². The van der Waals surface area contributed by atoms with Crippen LogP contribution in [0.1, 0.15) is 29.8 Å². The Bertz CT molecular complexity index is 838. The summed E-state index contributed by atoms with van der Waals surface area (Å²) in [6, 6.07) is 14.6. The highest BCUT2D eigenvalue weighted by Gasteiger charge is 2.25. The van der Waals surface area contributed by atoms with Gasteiger partial charge in [-0.25, -0.2) is 0 Å². The van der Waals surface area contributed by atoms with E-state index in [0.717, 1.165) is 29.3 Å². The normalized spacial score (nSPS) is 17.2. The molecule has 23 heavy (non-hydrogen) atoms. The van der Waals surface area contributed by atoms with Gasteiger partial charge in [-0.15, -0.1) is 0 Å². The van der Waals surface area contributed by atoms with Crippen molar-refractivity contribution in [2.75, 3.05) is 13.2 Å². The van der Waals surface area contributed by atoms with Crippen molar-refractivity contribution in [3.63, 3.8) is 0 Å². The molecule has 1 atom stereocenters. The molecule has 0 aliphatic carbocycles. The second-order valence-corrected chi connectivity index (χ2v) is 6.28. The van der Waals surface area contributed by atoms with Gasteiger partial charge in [0.1, 0.15) is 5.75 Å². The van der Waals surface area contributed by atoms with Crippen molar-refractivity contribution in [3.05, 3.63) is 64.3 Å². The standard InChI is InChI=1S/C19H19ClN2O/c1-2-23-14-6-3-12(4-7-14)18-19-15(9-10-21-18)16-11-13(20)5-8-17(16)22-19/h3-8,11,18,21-22H,2,9-10H2,1H3. The lowest BCUT2D eigenvalue weighted by Crippen LogP contribution is -2.30. The molecule has 0 saturated carbocycles. The lowest BCUT2D eigenvalue weighted by atomic mass is 9.94. The lowest BCUT2D eigenvalue weighted by molar-refractivity contribution is 0.340. The van der Waals surface area contributed by atoms with Gasteiger partial charge in [0.05, 0.1) is 12.6 Å². The van der Waals surface area contributed by atoms with E-state index >= 15 is 0 Å². The third-order valence-corrected chi connectivity index (χ3v) is 4.67. The van der Waals surface area contributed by atoms with Gasteiger partial charge in [-0.3, -0.25) is 0 Å². The van der Waals surface area contributed by atoms with E-state index in [9.17, 15) is 0 Å². The zero-order valence-corrected chi connectivity index (χ0v) is 13.8. The van der Waals surface area contributed by atoms with Crippen LogP contribution in [0.15, 0.2) is 42.5 Å². The van der Waals surface area contributed by atoms with Crippen LogP contribution in [-0.2, 0) is 6.42 Å². The third kappa shape index (κ3) is 2.60. The molecule has 118 valence electrons. The first-order chi connectivity index (χ1) is 11.3. The number of rotatable bonds is 3. The second-order valence-electron chi connectivity index (χ2n) is 5.85. The van der Waals surface area contributed by atoms with Crippen LogP contribution >= 0.6 is 11.6 Å². The maximum atomic E-state index is 6.18. The first-order valence-electron chi connectivity index (χ1n) is 8.02. The number of aromatic amines is 1. The largest absolute Gasteiger partial charge is 0.494 e. The molecule has 1 aliphatic rings. The van der Waals surface area contributed by atoms with Crippen molar-refractivity contribution in [3.8, 4) is 5.75 Å². The highest BCUT2D eigenvalue weighted by atomic mass is 35.5. The Kier molecular flexibility index (Phi) is 3.76. The van der Waals surface area contributed by atoms with Gasteiger partial charge in [0, 0.05) is 28.2 Å². The minimum atomic E-state index is 0.181. The number of hydrogen-bond acceptors (Lipinski definition) is 2. The molecule has 0 amide bonds. The molecule has 0 radical (unpaired) electrons. The zero-order valence-electron chi connectivity index (χ0n) is 13.0. The molecule has 0 saturated heterocycles. The molecular weight excluding hydrogens is 308 g/mol. The van der Waals surface area contributed by atoms with Crippen molar-refractivity contribution < 1.29 is 4.74 Å². The van der Waals surface area contributed by atoms with Gasteiger partial charge < -0.3 is 15.0 Å². The predicted octanol–water partition coefficient (Wildman–Crippen LogP) is 4.46. The van der Waals surface area contributed by atoms with E-state index in [1.54, 1.807) is 0 Å². The number of benzene rings is 2. The Labute approximate surface area is 140 Å². The van der Waals surface area contributed by atoms with Gasteiger partial charge in [-0.05, 0) is 54.8 Å². The molecule has 0 bridgehead atoms. The van der Waals surface area contributed by atoms with E-state index < -0.39 is 0 Å². The van der Waals surface area contributed by atoms with Crippen molar-refractivity contribution in [2.45, 2.75) is 19.4 Å². The molecule has 2 heterocycles. The summed E-state index contributed by atoms with van der Waals surface area (Å²) >= 11 is 6.18. The molecular formula is C19H19ClN2O. The highest BCUT2D eigenvalue weighted by Crippen LogP contribution is 2.34. The minimum Gasteiger partial charge on any atom is -0.494 e. The Morgan fingerprint density at radius 3 is 2.78 bits per heavy atom. The van der Waals surface area contributed by atoms with Gasteiger partial charge in [-0.2, -0.15) is 0 Å². The van der Waals surface area contributed by atoms with E-state index in [-0.39, 0.29) is 6.04 Å². The number of halogens is 1. The van der Waals surface area contributed by atoms with Gasteiger partial charge >= 0.3 is 0 Å². The Morgan fingerprint density at radius 1 is 1.17 bits per heavy atom. The van der Waals surface area contributed by atoms with Crippen LogP contribution in [0.25, 0.3) is 10.9 Å². The maximum absolute atomic E-state index is 6.18. The summed E-state index contributed by atoms with van der Waals surface area (Å²) in [6.45, 7) is 3.65. The van der Waals surface area contributed by atoms with Crippen LogP contribution in [0.2, 0.25) is 5.02 Å². The van der Waals surface area contributed by atoms with Crippen molar-refractivity contribution in [2.24, 2.45) is 0 Å². The topological polar surface area (TPSA) is 37.0 Å². The van der Waals surface area contributed by atoms with E-state index in [2.05, 4.69) is 34.6 Å². The van der Waals surface area contributed by atoms with Crippen LogP contribution in [0.3, 0.4) is 0 Å². The van der Waals surface area contributed by atoms with Crippen LogP contribution in [0.4, 0.5) is 0 Å². The first-order valence-corrected chi connectivity index (χ1v) is 8.40. The van der Waals surface area contributed by atoms with Crippen LogP contribution < -0.4 is 10.1 Å². The number of hydrogen-bond donors (Lipinski definition) is 2. The fraction of sp³-hybridized carbons (Fsp3) is 0.263. The van der Waals surface area contributed by atoms with E-state index in [0.29, 0.717) is 6.61 Å². The molecule has 0 spiro atoms. The Hall–Kier alpha value is -1.97. The Balaban J connectivity index is 1.76. The second kappa shape index (κ2) is 5.91. The van der Waals surface area contributed by atoms with Crippen LogP contribution in [-0.4, -0.2) is 18.1 Å². The molecule has 4 heteroatoms. The smallest absolute Gasteiger partial charge is 0.119 e. The maximum Gasteiger partial charge on any atom is 0.119 e. The number of nitrogens with one attached hydrogen (secondary N) is 2. The molecule has 3 aromatic rings. The molecule has 3 nitrogen and oxygen atoms in total. The fourth-order valence-corrected chi connectivity index (χ4v) is 3.58. The summed E-state index contributed by atoms with van der Waals surface area (Å²) in [4.78, 5) is 3.58. The van der Waals surface area contributed by atoms with Crippen LogP contribution in [0.5, 0.6) is 5.75 Å². The average molecular weight is 327 g/mol. The van der Waals surface area contributed by atoms with Gasteiger partial charge in [0.25, 0.3) is 0 Å². The molecule has 1 unspecified atom stereocenters. The summed E-state index contributed by atoms with van der Waals surface area (Å²) in [5.41, 5.74) is 5.02. The Morgan fingerprint density at radius 2 is 2.00 bits per heavy atom. The van der Waals surface area contributed by atoms with Gasteiger partial charge in [-0.1, -0.05) is 23.7 Å². The number of fused-ring (bicyclic) bond motifs is 3. The summed E-state index contributed by atoms with van der Waals surface area (Å²) in [6.07, 6.45) is 1.02. The van der Waals surface area contributed by atoms with Gasteiger partial charge in [0.15, 0.2) is 0 Å². The molecule has 2 aromatic carbocycles. The monoisotopic (exact) mass is 326 g/mol. The fourth-order valence-electron chi connectivity index (χ4n) is 3.41. The highest BCUT2D eigenvalue weighted by molar-refractivity contribution is 6.31. The summed E-state index contributed by atoms with van der Waals surface area (Å²) in [5, 5.41) is 5.64. The van der Waals surface area contributed by atoms with Crippen molar-refractivity contribution in [1.29, 1.82) is 0 Å². The average Bonchev–Trinajstić information content (AvgIpc) is 2.94. The lowest BCUT2D eigenvalue weighted by Gasteiger charge is -2.25. The number of aromatic nitrogens is 1. The van der Waals surface area contributed by atoms with Crippen molar-refractivity contribution >= 4 is 22.5 Å². The molecule has 4 rings (SSSR count). The molecule has 0 fully saturated rings. The molecule has 1 aromatic heterocycles. The summed E-state index contributed by atoms with van der Waals surface area (Å²) in [5.74, 6) is 0.913. The van der Waals surface area contributed by atoms with Crippen LogP contribution in [0, 0.1) is 0 Å². The zero-order chi connectivity index (χ0) is 15.8.